The molecular formula is C28H33N3O8S. The van der Waals surface area contributed by atoms with Crippen molar-refractivity contribution in [1.29, 1.82) is 0 Å². The van der Waals surface area contributed by atoms with E-state index >= 15 is 0 Å². The molecule has 12 heteroatoms. The number of amides is 1. The van der Waals surface area contributed by atoms with Crippen LogP contribution in [0.15, 0.2) is 40.1 Å². The molecule has 40 heavy (non-hydrogen) atoms. The summed E-state index contributed by atoms with van der Waals surface area (Å²) in [6, 6.07) is 3.60. The van der Waals surface area contributed by atoms with Crippen LogP contribution in [0.5, 0.6) is 11.5 Å². The first kappa shape index (κ1) is 28.1. The molecule has 0 spiro atoms. The van der Waals surface area contributed by atoms with Gasteiger partial charge in [0.1, 0.15) is 24.1 Å². The van der Waals surface area contributed by atoms with E-state index in [1.54, 1.807) is 18.2 Å². The Morgan fingerprint density at radius 1 is 1.25 bits per heavy atom. The second-order valence-electron chi connectivity index (χ2n) is 10.5. The van der Waals surface area contributed by atoms with Crippen LogP contribution in [0.4, 0.5) is 5.69 Å². The van der Waals surface area contributed by atoms with Crippen molar-refractivity contribution in [2.24, 2.45) is 5.92 Å². The highest BCUT2D eigenvalue weighted by molar-refractivity contribution is 7.08. The number of carbonyl (C=O) groups excluding carboxylic acids is 1. The lowest BCUT2D eigenvalue weighted by Crippen LogP contribution is -2.62. The molecule has 3 heterocycles. The molecule has 2 aliphatic heterocycles. The number of rotatable bonds is 7. The first-order chi connectivity index (χ1) is 19.0. The van der Waals surface area contributed by atoms with Crippen molar-refractivity contribution in [1.82, 2.24) is 10.3 Å². The highest BCUT2D eigenvalue weighted by Crippen LogP contribution is 2.45. The third-order valence-corrected chi connectivity index (χ3v) is 8.15. The molecule has 11 nitrogen and oxygen atoms in total. The number of allylic oxidation sites excluding steroid dienone is 1. The predicted molar refractivity (Wildman–Crippen MR) is 148 cm³/mol. The Balaban J connectivity index is 1.60. The summed E-state index contributed by atoms with van der Waals surface area (Å²) in [6.07, 6.45) is -0.333. The maximum absolute atomic E-state index is 14.1. The maximum atomic E-state index is 14.1. The van der Waals surface area contributed by atoms with Crippen molar-refractivity contribution < 1.29 is 39.5 Å². The van der Waals surface area contributed by atoms with Crippen molar-refractivity contribution in [2.45, 2.75) is 57.7 Å². The van der Waals surface area contributed by atoms with Crippen molar-refractivity contribution in [3.63, 3.8) is 0 Å². The van der Waals surface area contributed by atoms with Crippen molar-refractivity contribution in [3.8, 4) is 11.5 Å². The van der Waals surface area contributed by atoms with Gasteiger partial charge in [-0.3, -0.25) is 19.5 Å². The number of thiophene rings is 1. The van der Waals surface area contributed by atoms with E-state index < -0.39 is 36.0 Å². The average Bonchev–Trinajstić information content (AvgIpc) is 3.55. The van der Waals surface area contributed by atoms with Crippen LogP contribution < -0.4 is 19.9 Å². The maximum Gasteiger partial charge on any atom is 0.372 e. The number of carboxylic acids is 1. The SMILES string of the molecule is COc1cc2c(cc1C=C(C)C)C1=C(CO2)C(C(=O)N(C2CCCC(C(=O)O)C2)C(O)(O)O)NN1c1ccsc1. The number of hydrogen-bond acceptors (Lipinski definition) is 10. The van der Waals surface area contributed by atoms with Gasteiger partial charge in [-0.05, 0) is 50.6 Å². The second-order valence-corrected chi connectivity index (χ2v) is 11.3. The summed E-state index contributed by atoms with van der Waals surface area (Å²) >= 11 is 1.47. The Kier molecular flexibility index (Phi) is 7.64. The van der Waals surface area contributed by atoms with Gasteiger partial charge >= 0.3 is 12.1 Å². The van der Waals surface area contributed by atoms with E-state index in [-0.39, 0.29) is 13.0 Å². The number of hydrazine groups is 1. The fourth-order valence-electron chi connectivity index (χ4n) is 5.76. The molecule has 3 atom stereocenters. The van der Waals surface area contributed by atoms with Crippen molar-refractivity contribution in [3.05, 3.63) is 51.2 Å². The molecule has 1 aromatic heterocycles. The van der Waals surface area contributed by atoms with Crippen LogP contribution in [0.25, 0.3) is 11.8 Å². The molecule has 0 saturated heterocycles. The number of carboxylic acid groups (broad SMARTS) is 1. The number of carbonyl (C=O) groups is 2. The minimum atomic E-state index is -3.49. The smallest absolute Gasteiger partial charge is 0.372 e. The van der Waals surface area contributed by atoms with E-state index in [9.17, 15) is 30.0 Å². The summed E-state index contributed by atoms with van der Waals surface area (Å²) in [5.41, 5.74) is 7.76. The van der Waals surface area contributed by atoms with Crippen LogP contribution in [0.1, 0.15) is 50.7 Å². The normalized spacial score (nSPS) is 22.2. The lowest BCUT2D eigenvalue weighted by atomic mass is 9.84. The van der Waals surface area contributed by atoms with Gasteiger partial charge in [-0.1, -0.05) is 18.1 Å². The Morgan fingerprint density at radius 2 is 2.02 bits per heavy atom. The molecule has 1 aliphatic carbocycles. The van der Waals surface area contributed by atoms with Crippen LogP contribution in [0.2, 0.25) is 0 Å². The summed E-state index contributed by atoms with van der Waals surface area (Å²) in [5, 5.41) is 46.1. The summed E-state index contributed by atoms with van der Waals surface area (Å²) in [6.45, 7) is 3.97. The van der Waals surface area contributed by atoms with Gasteiger partial charge in [0.2, 0.25) is 0 Å². The molecule has 1 aromatic carbocycles. The quantitative estimate of drug-likeness (QED) is 0.314. The number of hydrogen-bond donors (Lipinski definition) is 5. The van der Waals surface area contributed by atoms with E-state index in [2.05, 4.69) is 5.43 Å². The van der Waals surface area contributed by atoms with E-state index in [1.165, 1.54) is 11.3 Å². The minimum absolute atomic E-state index is 0.0113. The fourth-order valence-corrected chi connectivity index (χ4v) is 6.38. The molecule has 1 amide bonds. The largest absolute Gasteiger partial charge is 0.496 e. The first-order valence-corrected chi connectivity index (χ1v) is 14.0. The number of aliphatic carboxylic acids is 1. The third-order valence-electron chi connectivity index (χ3n) is 7.48. The Bertz CT molecular complexity index is 1360. The molecule has 2 aromatic rings. The second kappa shape index (κ2) is 10.9. The number of nitrogens with one attached hydrogen (secondary N) is 1. The lowest BCUT2D eigenvalue weighted by molar-refractivity contribution is -0.390. The number of fused-ring (bicyclic) bond motifs is 2. The molecule has 0 bridgehead atoms. The van der Waals surface area contributed by atoms with Gasteiger partial charge in [0.15, 0.2) is 0 Å². The highest BCUT2D eigenvalue weighted by atomic mass is 32.1. The van der Waals surface area contributed by atoms with Gasteiger partial charge in [-0.2, -0.15) is 11.3 Å². The predicted octanol–water partition coefficient (Wildman–Crippen LogP) is 2.74. The lowest BCUT2D eigenvalue weighted by Gasteiger charge is -2.41. The highest BCUT2D eigenvalue weighted by Gasteiger charge is 2.49. The van der Waals surface area contributed by atoms with Crippen molar-refractivity contribution >= 4 is 40.7 Å². The molecule has 1 fully saturated rings. The molecule has 0 radical (unpaired) electrons. The van der Waals surface area contributed by atoms with Crippen LogP contribution in [0.3, 0.4) is 0 Å². The van der Waals surface area contributed by atoms with Crippen LogP contribution in [-0.4, -0.2) is 69.1 Å². The number of benzene rings is 1. The third kappa shape index (κ3) is 5.20. The van der Waals surface area contributed by atoms with Gasteiger partial charge in [0, 0.05) is 34.2 Å². The number of methoxy groups -OCH3 is 1. The zero-order valence-corrected chi connectivity index (χ0v) is 23.3. The average molecular weight is 572 g/mol. The van der Waals surface area contributed by atoms with Gasteiger partial charge in [-0.25, -0.2) is 5.43 Å². The molecule has 3 aliphatic rings. The summed E-state index contributed by atoms with van der Waals surface area (Å²) in [4.78, 5) is 26.3. The van der Waals surface area contributed by atoms with Crippen LogP contribution in [-0.2, 0) is 9.59 Å². The molecule has 214 valence electrons. The van der Waals surface area contributed by atoms with E-state index in [1.807, 2.05) is 42.8 Å². The fraction of sp³-hybridized carbons (Fsp3) is 0.429. The molecule has 5 rings (SSSR count). The Labute approximate surface area is 235 Å². The van der Waals surface area contributed by atoms with Crippen molar-refractivity contribution in [2.75, 3.05) is 18.7 Å². The zero-order chi connectivity index (χ0) is 28.8. The Hall–Kier alpha value is -3.42. The molecule has 3 unspecified atom stereocenters. The Morgan fingerprint density at radius 3 is 2.65 bits per heavy atom. The minimum Gasteiger partial charge on any atom is -0.496 e. The number of aliphatic hydroxyl groups is 3. The molecular weight excluding hydrogens is 538 g/mol. The summed E-state index contributed by atoms with van der Waals surface area (Å²) < 4.78 is 11.7. The van der Waals surface area contributed by atoms with Gasteiger partial charge in [0.05, 0.1) is 24.4 Å². The van der Waals surface area contributed by atoms with Crippen LogP contribution in [0, 0.1) is 5.92 Å². The monoisotopic (exact) mass is 571 g/mol. The van der Waals surface area contributed by atoms with Gasteiger partial charge < -0.3 is 29.9 Å². The van der Waals surface area contributed by atoms with E-state index in [0.717, 1.165) is 16.8 Å². The van der Waals surface area contributed by atoms with Gasteiger partial charge in [0.25, 0.3) is 5.91 Å². The number of nitrogens with zero attached hydrogens (tertiary/aromatic N) is 2. The zero-order valence-electron chi connectivity index (χ0n) is 22.5. The summed E-state index contributed by atoms with van der Waals surface area (Å²) in [5.74, 6) is -1.40. The standard InChI is InChI=1S/C28H33N3O8S/c1-15(2)9-17-11-20-23(12-22(17)38-3)39-13-21-24(29-31(25(20)21)19-7-8-40-14-19)26(32)30(28(35,36)37)18-6-4-5-16(10-18)27(33)34/h7-9,11-12,14,16,18,24,29,35-37H,4-6,10,13H2,1-3H3,(H,33,34). The van der Waals surface area contributed by atoms with E-state index in [0.29, 0.717) is 52.5 Å². The van der Waals surface area contributed by atoms with Crippen LogP contribution >= 0.6 is 11.3 Å². The molecule has 1 saturated carbocycles. The van der Waals surface area contributed by atoms with Gasteiger partial charge in [-0.15, -0.1) is 0 Å². The first-order valence-electron chi connectivity index (χ1n) is 13.0. The molecule has 5 N–H and O–H groups in total. The topological polar surface area (TPSA) is 152 Å². The number of ether oxygens (including phenoxy) is 2. The van der Waals surface area contributed by atoms with E-state index in [4.69, 9.17) is 9.47 Å². The number of anilines is 1. The summed E-state index contributed by atoms with van der Waals surface area (Å²) in [7, 11) is 1.58.